The average Bonchev–Trinajstić information content (AvgIpc) is 2.41. The zero-order chi connectivity index (χ0) is 14.5. The summed E-state index contributed by atoms with van der Waals surface area (Å²) < 4.78 is 14.0. The molecule has 0 spiro atoms. The van der Waals surface area contributed by atoms with Crippen LogP contribution in [-0.2, 0) is 4.79 Å². The van der Waals surface area contributed by atoms with Crippen LogP contribution in [0.25, 0.3) is 6.08 Å². The molecule has 0 radical (unpaired) electrons. The summed E-state index contributed by atoms with van der Waals surface area (Å²) in [4.78, 5) is 11.8. The van der Waals surface area contributed by atoms with E-state index in [-0.39, 0.29) is 5.69 Å². The first-order chi connectivity index (χ1) is 9.56. The quantitative estimate of drug-likeness (QED) is 0.662. The molecule has 0 aliphatic heterocycles. The van der Waals surface area contributed by atoms with Crippen molar-refractivity contribution >= 4 is 39.3 Å². The van der Waals surface area contributed by atoms with Crippen molar-refractivity contribution in [2.75, 3.05) is 11.1 Å². The number of para-hydroxylation sites is 1. The number of rotatable bonds is 3. The number of hydrogen-bond donors (Lipinski definition) is 2. The van der Waals surface area contributed by atoms with Crippen LogP contribution >= 0.6 is 15.9 Å². The topological polar surface area (TPSA) is 55.1 Å². The van der Waals surface area contributed by atoms with Crippen LogP contribution in [0, 0.1) is 5.82 Å². The van der Waals surface area contributed by atoms with E-state index in [0.717, 1.165) is 5.56 Å². The van der Waals surface area contributed by atoms with E-state index in [4.69, 9.17) is 5.73 Å². The lowest BCUT2D eigenvalue weighted by Gasteiger charge is -2.06. The summed E-state index contributed by atoms with van der Waals surface area (Å²) in [5.74, 6) is -0.914. The molecule has 0 aromatic heterocycles. The predicted molar refractivity (Wildman–Crippen MR) is 82.6 cm³/mol. The predicted octanol–water partition coefficient (Wildman–Crippen LogP) is 3.82. The van der Waals surface area contributed by atoms with Gasteiger partial charge in [0.2, 0.25) is 5.91 Å². The molecular formula is C15H12BrFN2O. The first-order valence-electron chi connectivity index (χ1n) is 5.85. The number of anilines is 2. The molecular weight excluding hydrogens is 323 g/mol. The number of amides is 1. The van der Waals surface area contributed by atoms with E-state index in [1.165, 1.54) is 12.1 Å². The third-order valence-electron chi connectivity index (χ3n) is 2.55. The zero-order valence-corrected chi connectivity index (χ0v) is 12.0. The second-order valence-corrected chi connectivity index (χ2v) is 4.94. The normalized spacial score (nSPS) is 10.7. The lowest BCUT2D eigenvalue weighted by molar-refractivity contribution is -0.111. The first kappa shape index (κ1) is 14.3. The molecule has 0 unspecified atom stereocenters. The Morgan fingerprint density at radius 1 is 1.25 bits per heavy atom. The lowest BCUT2D eigenvalue weighted by Crippen LogP contribution is -2.09. The van der Waals surface area contributed by atoms with Crippen LogP contribution in [0.2, 0.25) is 0 Å². The minimum atomic E-state index is -0.495. The van der Waals surface area contributed by atoms with E-state index in [2.05, 4.69) is 21.2 Å². The van der Waals surface area contributed by atoms with Crippen LogP contribution < -0.4 is 11.1 Å². The van der Waals surface area contributed by atoms with E-state index in [1.807, 2.05) is 6.07 Å². The first-order valence-corrected chi connectivity index (χ1v) is 6.64. The molecule has 20 heavy (non-hydrogen) atoms. The number of benzene rings is 2. The number of carbonyl (C=O) groups excluding carboxylic acids is 1. The van der Waals surface area contributed by atoms with Crippen molar-refractivity contribution in [3.63, 3.8) is 0 Å². The monoisotopic (exact) mass is 334 g/mol. The summed E-state index contributed by atoms with van der Waals surface area (Å²) in [7, 11) is 0. The minimum absolute atomic E-state index is 0.120. The highest BCUT2D eigenvalue weighted by Crippen LogP contribution is 2.25. The van der Waals surface area contributed by atoms with Gasteiger partial charge in [-0.3, -0.25) is 4.79 Å². The Labute approximate surface area is 124 Å². The van der Waals surface area contributed by atoms with E-state index in [9.17, 15) is 9.18 Å². The van der Waals surface area contributed by atoms with Gasteiger partial charge in [0.15, 0.2) is 0 Å². The molecule has 3 N–H and O–H groups in total. The third-order valence-corrected chi connectivity index (χ3v) is 3.21. The molecule has 3 nitrogen and oxygen atoms in total. The van der Waals surface area contributed by atoms with Crippen LogP contribution in [0.1, 0.15) is 5.56 Å². The van der Waals surface area contributed by atoms with Crippen LogP contribution in [0.3, 0.4) is 0 Å². The van der Waals surface area contributed by atoms with Gasteiger partial charge in [0.25, 0.3) is 0 Å². The maximum absolute atomic E-state index is 13.5. The zero-order valence-electron chi connectivity index (χ0n) is 10.4. The number of halogens is 2. The highest BCUT2D eigenvalue weighted by Gasteiger charge is 2.08. The minimum Gasteiger partial charge on any atom is -0.399 e. The summed E-state index contributed by atoms with van der Waals surface area (Å²) in [5, 5.41) is 2.48. The van der Waals surface area contributed by atoms with Crippen molar-refractivity contribution in [3.8, 4) is 0 Å². The van der Waals surface area contributed by atoms with Gasteiger partial charge >= 0.3 is 0 Å². The van der Waals surface area contributed by atoms with Gasteiger partial charge in [0.05, 0.1) is 5.69 Å². The van der Waals surface area contributed by atoms with Gasteiger partial charge in [-0.1, -0.05) is 18.2 Å². The molecule has 0 aliphatic carbocycles. The number of carbonyl (C=O) groups is 1. The molecule has 102 valence electrons. The van der Waals surface area contributed by atoms with Crippen LogP contribution in [-0.4, -0.2) is 5.91 Å². The fourth-order valence-electron chi connectivity index (χ4n) is 1.62. The largest absolute Gasteiger partial charge is 0.399 e. The smallest absolute Gasteiger partial charge is 0.248 e. The Kier molecular flexibility index (Phi) is 4.53. The molecule has 0 fully saturated rings. The SMILES string of the molecule is Nc1cccc(/C=C/C(=O)Nc2c(F)cccc2Br)c1. The van der Waals surface area contributed by atoms with Crippen LogP contribution in [0.15, 0.2) is 53.0 Å². The maximum Gasteiger partial charge on any atom is 0.248 e. The van der Waals surface area contributed by atoms with Gasteiger partial charge < -0.3 is 11.1 Å². The Morgan fingerprint density at radius 3 is 2.70 bits per heavy atom. The molecule has 5 heteroatoms. The fraction of sp³-hybridized carbons (Fsp3) is 0. The molecule has 0 bridgehead atoms. The summed E-state index contributed by atoms with van der Waals surface area (Å²) in [6, 6.07) is 11.6. The van der Waals surface area contributed by atoms with Crippen molar-refractivity contribution in [3.05, 3.63) is 64.4 Å². The van der Waals surface area contributed by atoms with Gasteiger partial charge in [-0.15, -0.1) is 0 Å². The number of nitrogens with two attached hydrogens (primary N) is 1. The summed E-state index contributed by atoms with van der Waals surface area (Å²) in [6.45, 7) is 0. The summed E-state index contributed by atoms with van der Waals surface area (Å²) >= 11 is 3.19. The second-order valence-electron chi connectivity index (χ2n) is 4.09. The van der Waals surface area contributed by atoms with Crippen molar-refractivity contribution in [1.29, 1.82) is 0 Å². The number of hydrogen-bond acceptors (Lipinski definition) is 2. The van der Waals surface area contributed by atoms with Crippen molar-refractivity contribution in [1.82, 2.24) is 0 Å². The molecule has 0 saturated heterocycles. The van der Waals surface area contributed by atoms with Crippen LogP contribution in [0.5, 0.6) is 0 Å². The van der Waals surface area contributed by atoms with Crippen LogP contribution in [0.4, 0.5) is 15.8 Å². The molecule has 0 aliphatic rings. The van der Waals surface area contributed by atoms with Gasteiger partial charge in [-0.2, -0.15) is 0 Å². The van der Waals surface area contributed by atoms with E-state index in [1.54, 1.807) is 36.4 Å². The van der Waals surface area contributed by atoms with E-state index < -0.39 is 11.7 Å². The van der Waals surface area contributed by atoms with Gasteiger partial charge in [-0.25, -0.2) is 4.39 Å². The molecule has 2 aromatic carbocycles. The maximum atomic E-state index is 13.5. The molecule has 2 aromatic rings. The van der Waals surface area contributed by atoms with E-state index >= 15 is 0 Å². The molecule has 0 heterocycles. The Hall–Kier alpha value is -2.14. The average molecular weight is 335 g/mol. The number of nitrogens with one attached hydrogen (secondary N) is 1. The second kappa shape index (κ2) is 6.34. The van der Waals surface area contributed by atoms with Crippen molar-refractivity contribution in [2.24, 2.45) is 0 Å². The molecule has 1 amide bonds. The molecule has 0 atom stereocenters. The molecule has 0 saturated carbocycles. The Bertz CT molecular complexity index is 650. The Balaban J connectivity index is 2.10. The third kappa shape index (κ3) is 3.68. The lowest BCUT2D eigenvalue weighted by atomic mass is 10.2. The molecule has 2 rings (SSSR count). The number of nitrogen functional groups attached to an aromatic ring is 1. The summed E-state index contributed by atoms with van der Waals surface area (Å²) in [6.07, 6.45) is 2.94. The van der Waals surface area contributed by atoms with Crippen molar-refractivity contribution < 1.29 is 9.18 Å². The van der Waals surface area contributed by atoms with Gasteiger partial charge in [-0.05, 0) is 51.8 Å². The summed E-state index contributed by atoms with van der Waals surface area (Å²) in [5.41, 5.74) is 7.17. The highest BCUT2D eigenvalue weighted by molar-refractivity contribution is 9.10. The standard InChI is InChI=1S/C15H12BrFN2O/c16-12-5-2-6-13(17)15(12)19-14(20)8-7-10-3-1-4-11(18)9-10/h1-9H,18H2,(H,19,20)/b8-7+. The fourth-order valence-corrected chi connectivity index (χ4v) is 2.06. The van der Waals surface area contributed by atoms with Gasteiger partial charge in [0, 0.05) is 16.2 Å². The van der Waals surface area contributed by atoms with Crippen molar-refractivity contribution in [2.45, 2.75) is 0 Å². The van der Waals surface area contributed by atoms with Gasteiger partial charge in [0.1, 0.15) is 5.82 Å². The van der Waals surface area contributed by atoms with E-state index in [0.29, 0.717) is 10.2 Å². The Morgan fingerprint density at radius 2 is 2.00 bits per heavy atom. The highest BCUT2D eigenvalue weighted by atomic mass is 79.9.